The second-order valence-corrected chi connectivity index (χ2v) is 10.0. The van der Waals surface area contributed by atoms with Crippen LogP contribution in [0.1, 0.15) is 50.0 Å². The van der Waals surface area contributed by atoms with Gasteiger partial charge in [-0.05, 0) is 48.2 Å². The Hall–Kier alpha value is -2.57. The van der Waals surface area contributed by atoms with E-state index in [4.69, 9.17) is 17.3 Å². The van der Waals surface area contributed by atoms with Crippen LogP contribution in [0.5, 0.6) is 0 Å². The van der Waals surface area contributed by atoms with Gasteiger partial charge in [0, 0.05) is 34.8 Å². The Kier molecular flexibility index (Phi) is 6.86. The van der Waals surface area contributed by atoms with Crippen LogP contribution < -0.4 is 11.1 Å². The molecule has 7 heteroatoms. The molecule has 2 aromatic rings. The lowest BCUT2D eigenvalue weighted by Crippen LogP contribution is -2.60. The molecule has 2 aromatic carbocycles. The molecule has 0 spiro atoms. The predicted octanol–water partition coefficient (Wildman–Crippen LogP) is 3.82. The van der Waals surface area contributed by atoms with E-state index in [1.807, 2.05) is 39.8 Å². The number of piperidine rings is 1. The minimum Gasteiger partial charge on any atom is -0.399 e. The zero-order valence-corrected chi connectivity index (χ0v) is 19.8. The molecule has 3 rings (SSSR count). The number of amides is 2. The van der Waals surface area contributed by atoms with Crippen LogP contribution >= 0.6 is 11.6 Å². The number of likely N-dealkylation sites (tertiary alicyclic amines) is 1. The lowest BCUT2D eigenvalue weighted by molar-refractivity contribution is -0.155. The number of carbonyl (C=O) groups is 2. The number of nitrogens with one attached hydrogen (secondary N) is 1. The van der Waals surface area contributed by atoms with Gasteiger partial charge in [-0.1, -0.05) is 57.5 Å². The fraction of sp³-hybridized carbons (Fsp3) is 0.440. The number of carbonyl (C=O) groups excluding carboxylic acids is 2. The van der Waals surface area contributed by atoms with Crippen molar-refractivity contribution in [3.63, 3.8) is 0 Å². The maximum atomic E-state index is 13.4. The van der Waals surface area contributed by atoms with Crippen molar-refractivity contribution in [3.8, 4) is 0 Å². The smallest absolute Gasteiger partial charge is 0.252 e. The first-order chi connectivity index (χ1) is 14.9. The van der Waals surface area contributed by atoms with E-state index in [1.165, 1.54) is 0 Å². The van der Waals surface area contributed by atoms with Crippen molar-refractivity contribution in [2.45, 2.75) is 45.8 Å². The van der Waals surface area contributed by atoms with E-state index in [2.05, 4.69) is 5.32 Å². The van der Waals surface area contributed by atoms with Crippen molar-refractivity contribution >= 4 is 29.1 Å². The summed E-state index contributed by atoms with van der Waals surface area (Å²) in [4.78, 5) is 27.9. The van der Waals surface area contributed by atoms with E-state index in [9.17, 15) is 14.7 Å². The third-order valence-electron chi connectivity index (χ3n) is 6.45. The number of rotatable bonds is 5. The molecule has 1 saturated heterocycles. The van der Waals surface area contributed by atoms with Gasteiger partial charge in [0.1, 0.15) is 6.04 Å². The molecule has 1 aliphatic heterocycles. The molecule has 32 heavy (non-hydrogen) atoms. The van der Waals surface area contributed by atoms with Crippen molar-refractivity contribution in [3.05, 3.63) is 64.7 Å². The third-order valence-corrected chi connectivity index (χ3v) is 6.70. The molecule has 0 aromatic heterocycles. The van der Waals surface area contributed by atoms with Gasteiger partial charge in [-0.3, -0.25) is 9.59 Å². The van der Waals surface area contributed by atoms with Gasteiger partial charge < -0.3 is 21.1 Å². The van der Waals surface area contributed by atoms with E-state index in [1.54, 1.807) is 41.3 Å². The van der Waals surface area contributed by atoms with Gasteiger partial charge in [-0.15, -0.1) is 0 Å². The molecular formula is C25H32ClN3O3. The number of anilines is 1. The van der Waals surface area contributed by atoms with Gasteiger partial charge in [0.2, 0.25) is 5.91 Å². The van der Waals surface area contributed by atoms with Crippen molar-refractivity contribution in [2.24, 2.45) is 11.3 Å². The lowest BCUT2D eigenvalue weighted by atomic mass is 9.66. The first kappa shape index (κ1) is 24.1. The molecule has 1 fully saturated rings. The molecule has 0 bridgehead atoms. The number of aliphatic hydroxyl groups is 1. The third kappa shape index (κ3) is 4.76. The summed E-state index contributed by atoms with van der Waals surface area (Å²) in [6, 6.07) is 13.2. The molecular weight excluding hydrogens is 426 g/mol. The summed E-state index contributed by atoms with van der Waals surface area (Å²) in [7, 11) is 0. The number of hydrogen-bond donors (Lipinski definition) is 3. The largest absolute Gasteiger partial charge is 0.399 e. The monoisotopic (exact) mass is 457 g/mol. The molecule has 0 radical (unpaired) electrons. The molecule has 2 amide bonds. The van der Waals surface area contributed by atoms with E-state index in [0.29, 0.717) is 35.8 Å². The standard InChI is InChI=1S/C25H32ClN3O3/c1-16(2)21(28-22(30)17-6-5-7-20(27)14-17)23(31)29-13-12-25(32,24(3,4)15-29)18-8-10-19(26)11-9-18/h5-11,14,16,21,32H,12-13,15,27H2,1-4H3,(H,28,30). The molecule has 0 saturated carbocycles. The second kappa shape index (κ2) is 9.12. The average Bonchev–Trinajstić information content (AvgIpc) is 2.73. The van der Waals surface area contributed by atoms with Crippen LogP contribution in [0.4, 0.5) is 5.69 Å². The Labute approximate surface area is 194 Å². The summed E-state index contributed by atoms with van der Waals surface area (Å²) in [6.07, 6.45) is 0.390. The number of nitrogen functional groups attached to an aromatic ring is 1. The van der Waals surface area contributed by atoms with Crippen LogP contribution in [0.3, 0.4) is 0 Å². The van der Waals surface area contributed by atoms with E-state index in [0.717, 1.165) is 5.56 Å². The number of nitrogens with two attached hydrogens (primary N) is 1. The minimum atomic E-state index is -1.09. The topological polar surface area (TPSA) is 95.7 Å². The van der Waals surface area contributed by atoms with Gasteiger partial charge in [0.05, 0.1) is 5.60 Å². The van der Waals surface area contributed by atoms with Gasteiger partial charge in [0.15, 0.2) is 0 Å². The van der Waals surface area contributed by atoms with Gasteiger partial charge in [0.25, 0.3) is 5.91 Å². The maximum Gasteiger partial charge on any atom is 0.252 e. The van der Waals surface area contributed by atoms with Crippen molar-refractivity contribution in [2.75, 3.05) is 18.8 Å². The van der Waals surface area contributed by atoms with Crippen LogP contribution in [0, 0.1) is 11.3 Å². The summed E-state index contributed by atoms with van der Waals surface area (Å²) < 4.78 is 0. The highest BCUT2D eigenvalue weighted by atomic mass is 35.5. The van der Waals surface area contributed by atoms with Gasteiger partial charge in [-0.2, -0.15) is 0 Å². The molecule has 6 nitrogen and oxygen atoms in total. The quantitative estimate of drug-likeness (QED) is 0.594. The zero-order valence-electron chi connectivity index (χ0n) is 19.1. The fourth-order valence-corrected chi connectivity index (χ4v) is 4.51. The van der Waals surface area contributed by atoms with Crippen LogP contribution in [0.2, 0.25) is 5.02 Å². The molecule has 1 heterocycles. The molecule has 0 aliphatic carbocycles. The Morgan fingerprint density at radius 3 is 2.38 bits per heavy atom. The van der Waals surface area contributed by atoms with E-state index >= 15 is 0 Å². The summed E-state index contributed by atoms with van der Waals surface area (Å²) in [5.41, 5.74) is 5.79. The van der Waals surface area contributed by atoms with Crippen molar-refractivity contribution in [1.82, 2.24) is 10.2 Å². The highest BCUT2D eigenvalue weighted by molar-refractivity contribution is 6.30. The highest BCUT2D eigenvalue weighted by Gasteiger charge is 2.50. The summed E-state index contributed by atoms with van der Waals surface area (Å²) in [5, 5.41) is 15.1. The van der Waals surface area contributed by atoms with Crippen molar-refractivity contribution < 1.29 is 14.7 Å². The van der Waals surface area contributed by atoms with Crippen LogP contribution in [-0.4, -0.2) is 41.0 Å². The molecule has 172 valence electrons. The number of nitrogens with zero attached hydrogens (tertiary/aromatic N) is 1. The highest BCUT2D eigenvalue weighted by Crippen LogP contribution is 2.46. The lowest BCUT2D eigenvalue weighted by Gasteiger charge is -2.51. The van der Waals surface area contributed by atoms with Crippen LogP contribution in [0.15, 0.2) is 48.5 Å². The Morgan fingerprint density at radius 2 is 1.81 bits per heavy atom. The first-order valence-corrected chi connectivity index (χ1v) is 11.3. The van der Waals surface area contributed by atoms with Gasteiger partial charge >= 0.3 is 0 Å². The molecule has 1 aliphatic rings. The SMILES string of the molecule is CC(C)C(NC(=O)c1cccc(N)c1)C(=O)N1CCC(O)(c2ccc(Cl)cc2)C(C)(C)C1. The normalized spacial score (nSPS) is 21.3. The fourth-order valence-electron chi connectivity index (χ4n) is 4.39. The first-order valence-electron chi connectivity index (χ1n) is 10.9. The predicted molar refractivity (Wildman–Crippen MR) is 127 cm³/mol. The Morgan fingerprint density at radius 1 is 1.16 bits per heavy atom. The molecule has 4 N–H and O–H groups in total. The maximum absolute atomic E-state index is 13.4. The van der Waals surface area contributed by atoms with Crippen LogP contribution in [-0.2, 0) is 10.4 Å². The van der Waals surface area contributed by atoms with E-state index in [-0.39, 0.29) is 17.7 Å². The summed E-state index contributed by atoms with van der Waals surface area (Å²) >= 11 is 6.01. The summed E-state index contributed by atoms with van der Waals surface area (Å²) in [6.45, 7) is 8.47. The molecule has 2 unspecified atom stereocenters. The minimum absolute atomic E-state index is 0.104. The number of halogens is 1. The number of benzene rings is 2. The zero-order chi connectivity index (χ0) is 23.7. The second-order valence-electron chi connectivity index (χ2n) is 9.58. The Balaban J connectivity index is 1.77. The Bertz CT molecular complexity index is 990. The average molecular weight is 458 g/mol. The summed E-state index contributed by atoms with van der Waals surface area (Å²) in [5.74, 6) is -0.588. The van der Waals surface area contributed by atoms with Crippen LogP contribution in [0.25, 0.3) is 0 Å². The van der Waals surface area contributed by atoms with E-state index < -0.39 is 17.1 Å². The van der Waals surface area contributed by atoms with Gasteiger partial charge in [-0.25, -0.2) is 0 Å². The number of hydrogen-bond acceptors (Lipinski definition) is 4. The van der Waals surface area contributed by atoms with Crippen molar-refractivity contribution in [1.29, 1.82) is 0 Å². The molecule has 2 atom stereocenters.